The molecule has 0 saturated carbocycles. The van der Waals surface area contributed by atoms with Gasteiger partial charge in [-0.1, -0.05) is 18.2 Å². The number of benzene rings is 2. The molecule has 2 aromatic rings. The third-order valence-electron chi connectivity index (χ3n) is 4.42. The summed E-state index contributed by atoms with van der Waals surface area (Å²) >= 11 is 0. The van der Waals surface area contributed by atoms with Crippen LogP contribution in [0.4, 0.5) is 4.39 Å². The van der Waals surface area contributed by atoms with Crippen molar-refractivity contribution in [3.63, 3.8) is 0 Å². The highest BCUT2D eigenvalue weighted by atomic mass is 19.1. The molecular weight excluding hydrogens is 269 g/mol. The Morgan fingerprint density at radius 2 is 1.95 bits per heavy atom. The topological polar surface area (TPSA) is 41.5 Å². The Balaban J connectivity index is 1.90. The zero-order valence-corrected chi connectivity index (χ0v) is 11.4. The van der Waals surface area contributed by atoms with Gasteiger partial charge >= 0.3 is 0 Å². The van der Waals surface area contributed by atoms with E-state index in [9.17, 15) is 9.50 Å². The lowest BCUT2D eigenvalue weighted by Gasteiger charge is -2.18. The van der Waals surface area contributed by atoms with Crippen LogP contribution in [0.15, 0.2) is 42.5 Å². The molecule has 1 fully saturated rings. The molecule has 4 rings (SSSR count). The first-order valence-electron chi connectivity index (χ1n) is 7.19. The van der Waals surface area contributed by atoms with Gasteiger partial charge in [0.2, 0.25) is 0 Å². The lowest BCUT2D eigenvalue weighted by molar-refractivity contribution is 0.251. The summed E-state index contributed by atoms with van der Waals surface area (Å²) in [5.41, 5.74) is 1.94. The zero-order valence-electron chi connectivity index (χ0n) is 11.4. The van der Waals surface area contributed by atoms with Crippen molar-refractivity contribution in [3.05, 3.63) is 59.4 Å². The second-order valence-electron chi connectivity index (χ2n) is 5.69. The van der Waals surface area contributed by atoms with Gasteiger partial charge < -0.3 is 15.2 Å². The maximum atomic E-state index is 13.7. The van der Waals surface area contributed by atoms with Crippen molar-refractivity contribution in [1.82, 2.24) is 5.32 Å². The minimum atomic E-state index is -0.267. The second kappa shape index (κ2) is 4.83. The van der Waals surface area contributed by atoms with E-state index in [1.807, 2.05) is 18.2 Å². The van der Waals surface area contributed by atoms with Crippen LogP contribution in [0.25, 0.3) is 0 Å². The fraction of sp³-hybridized carbons (Fsp3) is 0.294. The monoisotopic (exact) mass is 285 g/mol. The number of hydrogen-bond acceptors (Lipinski definition) is 3. The molecule has 0 aromatic heterocycles. The Morgan fingerprint density at radius 1 is 1.14 bits per heavy atom. The second-order valence-corrected chi connectivity index (χ2v) is 5.69. The van der Waals surface area contributed by atoms with Crippen LogP contribution in [-0.2, 0) is 0 Å². The van der Waals surface area contributed by atoms with Gasteiger partial charge in [-0.15, -0.1) is 0 Å². The number of nitrogens with one attached hydrogen (secondary N) is 1. The molecule has 21 heavy (non-hydrogen) atoms. The van der Waals surface area contributed by atoms with Crippen LogP contribution in [0.5, 0.6) is 11.5 Å². The summed E-state index contributed by atoms with van der Waals surface area (Å²) in [6, 6.07) is 12.5. The first kappa shape index (κ1) is 12.8. The quantitative estimate of drug-likeness (QED) is 0.846. The molecule has 0 radical (unpaired) electrons. The third kappa shape index (κ3) is 2.03. The smallest absolute Gasteiger partial charge is 0.132 e. The lowest BCUT2D eigenvalue weighted by Crippen LogP contribution is -2.27. The van der Waals surface area contributed by atoms with Gasteiger partial charge in [0.25, 0.3) is 0 Å². The number of aliphatic hydroxyl groups excluding tert-OH is 1. The molecule has 0 aliphatic carbocycles. The third-order valence-corrected chi connectivity index (χ3v) is 4.42. The summed E-state index contributed by atoms with van der Waals surface area (Å²) in [7, 11) is 0. The standard InChI is InChI=1S/C17H16FNO2/c18-10-5-6-16-14(7-10)17-13(8-11(9-20)19-17)12-3-1-2-4-15(12)21-16/h1-7,11,13,17,19-20H,8-9H2/t11-,13-,17+/m1/s1. The highest BCUT2D eigenvalue weighted by Gasteiger charge is 2.40. The predicted octanol–water partition coefficient (Wildman–Crippen LogP) is 3.11. The van der Waals surface area contributed by atoms with Crippen molar-refractivity contribution in [2.45, 2.75) is 24.4 Å². The molecule has 2 aliphatic rings. The summed E-state index contributed by atoms with van der Waals surface area (Å²) in [4.78, 5) is 0. The van der Waals surface area contributed by atoms with Crippen molar-refractivity contribution in [2.75, 3.05) is 6.61 Å². The van der Waals surface area contributed by atoms with Crippen molar-refractivity contribution < 1.29 is 14.2 Å². The first-order valence-corrected chi connectivity index (χ1v) is 7.19. The van der Waals surface area contributed by atoms with Gasteiger partial charge in [0.05, 0.1) is 6.61 Å². The maximum absolute atomic E-state index is 13.7. The number of hydrogen-bond donors (Lipinski definition) is 2. The number of ether oxygens (including phenoxy) is 1. The van der Waals surface area contributed by atoms with Crippen LogP contribution in [0.1, 0.15) is 29.5 Å². The fourth-order valence-corrected chi connectivity index (χ4v) is 3.47. The van der Waals surface area contributed by atoms with Gasteiger partial charge in [0.1, 0.15) is 17.3 Å². The molecule has 3 atom stereocenters. The minimum Gasteiger partial charge on any atom is -0.457 e. The van der Waals surface area contributed by atoms with E-state index in [-0.39, 0.29) is 30.4 Å². The highest BCUT2D eigenvalue weighted by molar-refractivity contribution is 5.50. The van der Waals surface area contributed by atoms with E-state index in [0.717, 1.165) is 23.3 Å². The number of halogens is 1. The molecule has 0 unspecified atom stereocenters. The number of aliphatic hydroxyl groups is 1. The van der Waals surface area contributed by atoms with Crippen LogP contribution < -0.4 is 10.1 Å². The average Bonchev–Trinajstić information content (AvgIpc) is 2.89. The minimum absolute atomic E-state index is 0.0299. The summed E-state index contributed by atoms with van der Waals surface area (Å²) < 4.78 is 19.7. The van der Waals surface area contributed by atoms with Crippen LogP contribution in [0, 0.1) is 5.82 Å². The van der Waals surface area contributed by atoms with E-state index < -0.39 is 0 Å². The lowest BCUT2D eigenvalue weighted by atomic mass is 9.87. The van der Waals surface area contributed by atoms with E-state index in [4.69, 9.17) is 4.74 Å². The van der Waals surface area contributed by atoms with Gasteiger partial charge in [-0.2, -0.15) is 0 Å². The van der Waals surface area contributed by atoms with Crippen LogP contribution >= 0.6 is 0 Å². The number of fused-ring (bicyclic) bond motifs is 5. The summed E-state index contributed by atoms with van der Waals surface area (Å²) in [5.74, 6) is 1.42. The fourth-order valence-electron chi connectivity index (χ4n) is 3.47. The molecule has 2 heterocycles. The van der Waals surface area contributed by atoms with Crippen molar-refractivity contribution >= 4 is 0 Å². The predicted molar refractivity (Wildman–Crippen MR) is 77.0 cm³/mol. The van der Waals surface area contributed by atoms with Crippen LogP contribution in [0.2, 0.25) is 0 Å². The zero-order chi connectivity index (χ0) is 14.4. The molecule has 3 nitrogen and oxygen atoms in total. The molecular formula is C17H16FNO2. The molecule has 4 heteroatoms. The molecule has 0 spiro atoms. The highest BCUT2D eigenvalue weighted by Crippen LogP contribution is 2.49. The van der Waals surface area contributed by atoms with Gasteiger partial charge in [0, 0.05) is 23.6 Å². The summed E-state index contributed by atoms with van der Waals surface area (Å²) in [6.45, 7) is 0.0840. The van der Waals surface area contributed by atoms with Crippen molar-refractivity contribution in [3.8, 4) is 11.5 Å². The molecule has 2 aliphatic heterocycles. The Bertz CT molecular complexity index is 688. The Morgan fingerprint density at radius 3 is 2.81 bits per heavy atom. The van der Waals surface area contributed by atoms with Crippen LogP contribution in [0.3, 0.4) is 0 Å². The van der Waals surface area contributed by atoms with Gasteiger partial charge in [-0.25, -0.2) is 4.39 Å². The summed E-state index contributed by atoms with van der Waals surface area (Å²) in [6.07, 6.45) is 0.817. The molecule has 2 N–H and O–H groups in total. The molecule has 2 aromatic carbocycles. The van der Waals surface area contributed by atoms with E-state index >= 15 is 0 Å². The van der Waals surface area contributed by atoms with E-state index in [2.05, 4.69) is 11.4 Å². The number of para-hydroxylation sites is 1. The Labute approximate surface area is 122 Å². The van der Waals surface area contributed by atoms with E-state index in [0.29, 0.717) is 5.75 Å². The molecule has 0 bridgehead atoms. The van der Waals surface area contributed by atoms with Gasteiger partial charge in [-0.3, -0.25) is 0 Å². The van der Waals surface area contributed by atoms with Crippen molar-refractivity contribution in [2.24, 2.45) is 0 Å². The summed E-state index contributed by atoms with van der Waals surface area (Å²) in [5, 5.41) is 12.9. The first-order chi connectivity index (χ1) is 10.3. The average molecular weight is 285 g/mol. The van der Waals surface area contributed by atoms with Gasteiger partial charge in [0.15, 0.2) is 0 Å². The maximum Gasteiger partial charge on any atom is 0.132 e. The van der Waals surface area contributed by atoms with Crippen molar-refractivity contribution in [1.29, 1.82) is 0 Å². The van der Waals surface area contributed by atoms with E-state index in [1.54, 1.807) is 6.07 Å². The van der Waals surface area contributed by atoms with E-state index in [1.165, 1.54) is 12.1 Å². The Hall–Kier alpha value is -1.91. The molecule has 0 amide bonds. The SMILES string of the molecule is OC[C@H]1C[C@@H]2c3ccccc3Oc3ccc(F)cc3[C@H]2N1. The number of rotatable bonds is 1. The normalized spacial score (nSPS) is 26.3. The molecule has 1 saturated heterocycles. The van der Waals surface area contributed by atoms with Crippen LogP contribution in [-0.4, -0.2) is 17.8 Å². The van der Waals surface area contributed by atoms with Gasteiger partial charge in [-0.05, 0) is 36.2 Å². The largest absolute Gasteiger partial charge is 0.457 e. The molecule has 108 valence electrons. The Kier molecular flexibility index (Phi) is 2.94.